The van der Waals surface area contributed by atoms with Gasteiger partial charge in [-0.05, 0) is 12.5 Å². The topological polar surface area (TPSA) is 66.0 Å². The molecule has 0 atom stereocenters. The minimum Gasteiger partial charge on any atom is -0.436 e. The third-order valence-electron chi connectivity index (χ3n) is 2.03. The van der Waals surface area contributed by atoms with Gasteiger partial charge in [0.2, 0.25) is 5.88 Å². The first-order chi connectivity index (χ1) is 7.78. The Balaban J connectivity index is 2.08. The third kappa shape index (κ3) is 2.50. The monoisotopic (exact) mass is 218 g/mol. The number of aromatic nitrogens is 3. The fourth-order valence-electron chi connectivity index (χ4n) is 1.36. The summed E-state index contributed by atoms with van der Waals surface area (Å²) >= 11 is 0. The molecule has 0 unspecified atom stereocenters. The first-order valence-corrected chi connectivity index (χ1v) is 5.21. The highest BCUT2D eigenvalue weighted by Crippen LogP contribution is 2.18. The van der Waals surface area contributed by atoms with Crippen molar-refractivity contribution in [1.29, 1.82) is 0 Å². The van der Waals surface area contributed by atoms with Crippen LogP contribution in [0.4, 0.5) is 5.82 Å². The minimum atomic E-state index is 0.443. The molecular formula is C11H14N4O. The van der Waals surface area contributed by atoms with E-state index in [0.717, 1.165) is 13.0 Å². The lowest BCUT2D eigenvalue weighted by Gasteiger charge is -2.01. The Labute approximate surface area is 93.9 Å². The molecule has 2 aromatic rings. The summed E-state index contributed by atoms with van der Waals surface area (Å²) in [7, 11) is 0. The van der Waals surface area contributed by atoms with E-state index in [0.29, 0.717) is 17.4 Å². The molecule has 0 fully saturated rings. The number of aryl methyl sites for hydroxylation is 1. The van der Waals surface area contributed by atoms with Crippen molar-refractivity contribution < 1.29 is 4.74 Å². The van der Waals surface area contributed by atoms with E-state index in [1.807, 2.05) is 10.9 Å². The van der Waals surface area contributed by atoms with Crippen molar-refractivity contribution in [2.24, 2.45) is 0 Å². The average Bonchev–Trinajstić information content (AvgIpc) is 2.66. The van der Waals surface area contributed by atoms with E-state index in [-0.39, 0.29) is 0 Å². The second kappa shape index (κ2) is 4.65. The van der Waals surface area contributed by atoms with E-state index in [1.165, 1.54) is 0 Å². The van der Waals surface area contributed by atoms with Crippen LogP contribution in [0, 0.1) is 0 Å². The molecule has 0 radical (unpaired) electrons. The lowest BCUT2D eigenvalue weighted by Crippen LogP contribution is -1.95. The van der Waals surface area contributed by atoms with Crippen molar-refractivity contribution in [3.8, 4) is 11.6 Å². The van der Waals surface area contributed by atoms with Crippen LogP contribution in [0.25, 0.3) is 0 Å². The van der Waals surface area contributed by atoms with Gasteiger partial charge in [0.1, 0.15) is 5.82 Å². The van der Waals surface area contributed by atoms with Gasteiger partial charge in [0.25, 0.3) is 0 Å². The quantitative estimate of drug-likeness (QED) is 0.853. The zero-order valence-corrected chi connectivity index (χ0v) is 9.13. The van der Waals surface area contributed by atoms with Gasteiger partial charge in [-0.3, -0.25) is 4.68 Å². The SMILES string of the molecule is CCCn1cc(Oc2cccc(N)n2)cn1. The largest absolute Gasteiger partial charge is 0.436 e. The molecule has 0 bridgehead atoms. The molecule has 0 aliphatic heterocycles. The lowest BCUT2D eigenvalue weighted by atomic mass is 10.4. The number of rotatable bonds is 4. The van der Waals surface area contributed by atoms with Gasteiger partial charge in [-0.1, -0.05) is 13.0 Å². The molecule has 0 aliphatic carbocycles. The highest BCUT2D eigenvalue weighted by molar-refractivity contribution is 5.32. The predicted molar refractivity (Wildman–Crippen MR) is 61.2 cm³/mol. The van der Waals surface area contributed by atoms with E-state index >= 15 is 0 Å². The second-order valence-corrected chi connectivity index (χ2v) is 3.44. The van der Waals surface area contributed by atoms with Crippen LogP contribution in [0.3, 0.4) is 0 Å². The molecule has 2 rings (SSSR count). The van der Waals surface area contributed by atoms with Crippen LogP contribution < -0.4 is 10.5 Å². The van der Waals surface area contributed by atoms with Gasteiger partial charge in [0.05, 0.1) is 12.4 Å². The summed E-state index contributed by atoms with van der Waals surface area (Å²) in [4.78, 5) is 4.04. The Morgan fingerprint density at radius 2 is 2.31 bits per heavy atom. The number of hydrogen-bond donors (Lipinski definition) is 1. The van der Waals surface area contributed by atoms with Crippen molar-refractivity contribution in [3.05, 3.63) is 30.6 Å². The molecule has 84 valence electrons. The molecule has 0 aromatic carbocycles. The van der Waals surface area contributed by atoms with Gasteiger partial charge in [-0.2, -0.15) is 10.1 Å². The van der Waals surface area contributed by atoms with Crippen LogP contribution in [-0.2, 0) is 6.54 Å². The van der Waals surface area contributed by atoms with E-state index in [9.17, 15) is 0 Å². The average molecular weight is 218 g/mol. The summed E-state index contributed by atoms with van der Waals surface area (Å²) in [6.07, 6.45) is 4.55. The molecule has 0 saturated carbocycles. The Hall–Kier alpha value is -2.04. The van der Waals surface area contributed by atoms with Crippen molar-refractivity contribution in [3.63, 3.8) is 0 Å². The zero-order chi connectivity index (χ0) is 11.4. The number of pyridine rings is 1. The Morgan fingerprint density at radius 1 is 1.44 bits per heavy atom. The Bertz CT molecular complexity index is 467. The number of ether oxygens (including phenoxy) is 1. The molecule has 0 spiro atoms. The van der Waals surface area contributed by atoms with Crippen LogP contribution in [0.5, 0.6) is 11.6 Å². The molecule has 5 nitrogen and oxygen atoms in total. The summed E-state index contributed by atoms with van der Waals surface area (Å²) in [6, 6.07) is 5.27. The first-order valence-electron chi connectivity index (χ1n) is 5.21. The minimum absolute atomic E-state index is 0.443. The molecule has 2 heterocycles. The van der Waals surface area contributed by atoms with E-state index in [4.69, 9.17) is 10.5 Å². The third-order valence-corrected chi connectivity index (χ3v) is 2.03. The van der Waals surface area contributed by atoms with E-state index in [1.54, 1.807) is 24.4 Å². The molecule has 5 heteroatoms. The van der Waals surface area contributed by atoms with Crippen molar-refractivity contribution in [2.45, 2.75) is 19.9 Å². The van der Waals surface area contributed by atoms with Gasteiger partial charge < -0.3 is 10.5 Å². The van der Waals surface area contributed by atoms with Gasteiger partial charge in [-0.15, -0.1) is 0 Å². The van der Waals surface area contributed by atoms with Gasteiger partial charge in [0, 0.05) is 12.6 Å². The van der Waals surface area contributed by atoms with Crippen molar-refractivity contribution in [1.82, 2.24) is 14.8 Å². The predicted octanol–water partition coefficient (Wildman–Crippen LogP) is 2.06. The molecule has 0 saturated heterocycles. The lowest BCUT2D eigenvalue weighted by molar-refractivity contribution is 0.462. The van der Waals surface area contributed by atoms with Gasteiger partial charge in [0.15, 0.2) is 5.75 Å². The molecule has 2 N–H and O–H groups in total. The number of anilines is 1. The summed E-state index contributed by atoms with van der Waals surface area (Å²) in [5.74, 6) is 1.60. The maximum absolute atomic E-state index is 5.55. The van der Waals surface area contributed by atoms with Gasteiger partial charge >= 0.3 is 0 Å². The van der Waals surface area contributed by atoms with Crippen LogP contribution in [0.2, 0.25) is 0 Å². The van der Waals surface area contributed by atoms with Crippen LogP contribution in [0.1, 0.15) is 13.3 Å². The number of nitrogens with zero attached hydrogens (tertiary/aromatic N) is 3. The fraction of sp³-hybridized carbons (Fsp3) is 0.273. The molecule has 0 aliphatic rings. The molecular weight excluding hydrogens is 204 g/mol. The molecule has 0 amide bonds. The number of nitrogen functional groups attached to an aromatic ring is 1. The summed E-state index contributed by atoms with van der Waals surface area (Å²) < 4.78 is 7.35. The smallest absolute Gasteiger partial charge is 0.221 e. The molecule has 16 heavy (non-hydrogen) atoms. The highest BCUT2D eigenvalue weighted by atomic mass is 16.5. The van der Waals surface area contributed by atoms with Gasteiger partial charge in [-0.25, -0.2) is 0 Å². The Kier molecular flexibility index (Phi) is 3.05. The van der Waals surface area contributed by atoms with Crippen LogP contribution in [-0.4, -0.2) is 14.8 Å². The zero-order valence-electron chi connectivity index (χ0n) is 9.13. The standard InChI is InChI=1S/C11H14N4O/c1-2-6-15-8-9(7-13-15)16-11-5-3-4-10(12)14-11/h3-5,7-8H,2,6H2,1H3,(H2,12,14). The van der Waals surface area contributed by atoms with E-state index in [2.05, 4.69) is 17.0 Å². The maximum Gasteiger partial charge on any atom is 0.221 e. The normalized spacial score (nSPS) is 10.3. The summed E-state index contributed by atoms with van der Waals surface area (Å²) in [5, 5.41) is 4.16. The maximum atomic E-state index is 5.55. The molecule has 2 aromatic heterocycles. The number of nitrogens with two attached hydrogens (primary N) is 1. The fourth-order valence-corrected chi connectivity index (χ4v) is 1.36. The van der Waals surface area contributed by atoms with Crippen LogP contribution >= 0.6 is 0 Å². The van der Waals surface area contributed by atoms with E-state index < -0.39 is 0 Å². The van der Waals surface area contributed by atoms with Crippen molar-refractivity contribution in [2.75, 3.05) is 5.73 Å². The van der Waals surface area contributed by atoms with Crippen molar-refractivity contribution >= 4 is 5.82 Å². The second-order valence-electron chi connectivity index (χ2n) is 3.44. The Morgan fingerprint density at radius 3 is 3.06 bits per heavy atom. The summed E-state index contributed by atoms with van der Waals surface area (Å²) in [6.45, 7) is 2.98. The number of hydrogen-bond acceptors (Lipinski definition) is 4. The van der Waals surface area contributed by atoms with Crippen LogP contribution in [0.15, 0.2) is 30.6 Å². The summed E-state index contributed by atoms with van der Waals surface area (Å²) in [5.41, 5.74) is 5.55. The highest BCUT2D eigenvalue weighted by Gasteiger charge is 2.01. The first kappa shape index (κ1) is 10.5.